The first-order valence-corrected chi connectivity index (χ1v) is 5.16. The van der Waals surface area contributed by atoms with Crippen molar-refractivity contribution in [3.8, 4) is 6.07 Å². The van der Waals surface area contributed by atoms with Gasteiger partial charge in [-0.2, -0.15) is 5.26 Å². The summed E-state index contributed by atoms with van der Waals surface area (Å²) in [6, 6.07) is 9.75. The average Bonchev–Trinajstić information content (AvgIpc) is 2.29. The minimum Gasteiger partial charge on any atom is -0.368 e. The molecule has 3 heteroatoms. The summed E-state index contributed by atoms with van der Waals surface area (Å²) in [5.41, 5.74) is 1.77. The summed E-state index contributed by atoms with van der Waals surface area (Å²) in [6.45, 7) is 3.76. The molecule has 78 valence electrons. The molecule has 1 aliphatic heterocycles. The third-order valence-electron chi connectivity index (χ3n) is 2.55. The van der Waals surface area contributed by atoms with Crippen LogP contribution in [0.4, 0.5) is 0 Å². The van der Waals surface area contributed by atoms with Crippen molar-refractivity contribution in [2.75, 3.05) is 13.1 Å². The molecule has 0 spiro atoms. The van der Waals surface area contributed by atoms with Crippen LogP contribution >= 0.6 is 0 Å². The molecule has 15 heavy (non-hydrogen) atoms. The minimum absolute atomic E-state index is 0.0713. The number of nitrogens with zero attached hydrogens (tertiary/aromatic N) is 1. The van der Waals surface area contributed by atoms with E-state index in [0.717, 1.165) is 18.7 Å². The van der Waals surface area contributed by atoms with Crippen molar-refractivity contribution in [2.45, 2.75) is 19.1 Å². The predicted octanol–water partition coefficient (Wildman–Crippen LogP) is 1.61. The van der Waals surface area contributed by atoms with E-state index in [1.54, 1.807) is 0 Å². The lowest BCUT2D eigenvalue weighted by atomic mass is 10.1. The zero-order valence-electron chi connectivity index (χ0n) is 8.73. The molecule has 0 saturated carbocycles. The normalized spacial score (nSPS) is 25.9. The summed E-state index contributed by atoms with van der Waals surface area (Å²) >= 11 is 0. The van der Waals surface area contributed by atoms with E-state index in [1.165, 1.54) is 0 Å². The van der Waals surface area contributed by atoms with E-state index >= 15 is 0 Å². The molecule has 1 N–H and O–H groups in total. The van der Waals surface area contributed by atoms with Crippen molar-refractivity contribution < 1.29 is 4.74 Å². The van der Waals surface area contributed by atoms with Gasteiger partial charge in [0.1, 0.15) is 0 Å². The summed E-state index contributed by atoms with van der Waals surface area (Å²) in [4.78, 5) is 0. The maximum absolute atomic E-state index is 8.81. The van der Waals surface area contributed by atoms with Crippen molar-refractivity contribution in [3.05, 3.63) is 35.4 Å². The van der Waals surface area contributed by atoms with Gasteiger partial charge in [-0.3, -0.25) is 0 Å². The Morgan fingerprint density at radius 1 is 1.47 bits per heavy atom. The Hall–Kier alpha value is -1.37. The third-order valence-corrected chi connectivity index (χ3v) is 2.55. The van der Waals surface area contributed by atoms with Crippen LogP contribution in [0.5, 0.6) is 0 Å². The molecule has 1 aromatic carbocycles. The Kier molecular flexibility index (Phi) is 3.00. The predicted molar refractivity (Wildman–Crippen MR) is 57.3 cm³/mol. The van der Waals surface area contributed by atoms with E-state index in [4.69, 9.17) is 10.00 Å². The Morgan fingerprint density at radius 3 is 3.07 bits per heavy atom. The molecule has 0 aliphatic carbocycles. The molecular weight excluding hydrogens is 188 g/mol. The van der Waals surface area contributed by atoms with Gasteiger partial charge in [0.05, 0.1) is 23.8 Å². The zero-order chi connectivity index (χ0) is 10.7. The SMILES string of the molecule is CC1CNCC(c2cccc(C#N)c2)O1. The van der Waals surface area contributed by atoms with Crippen molar-refractivity contribution in [1.29, 1.82) is 5.26 Å². The largest absolute Gasteiger partial charge is 0.368 e. The fourth-order valence-electron chi connectivity index (χ4n) is 1.80. The van der Waals surface area contributed by atoms with Gasteiger partial charge in [-0.05, 0) is 24.6 Å². The molecule has 2 unspecified atom stereocenters. The number of rotatable bonds is 1. The summed E-state index contributed by atoms with van der Waals surface area (Å²) < 4.78 is 5.80. The lowest BCUT2D eigenvalue weighted by Gasteiger charge is -2.29. The summed E-state index contributed by atoms with van der Waals surface area (Å²) in [7, 11) is 0. The second-order valence-electron chi connectivity index (χ2n) is 3.83. The van der Waals surface area contributed by atoms with Crippen molar-refractivity contribution in [1.82, 2.24) is 5.32 Å². The topological polar surface area (TPSA) is 45.0 Å². The molecule has 0 amide bonds. The quantitative estimate of drug-likeness (QED) is 0.752. The molecule has 0 radical (unpaired) electrons. The maximum atomic E-state index is 8.81. The Labute approximate surface area is 89.7 Å². The molecule has 1 aromatic rings. The van der Waals surface area contributed by atoms with Gasteiger partial charge in [-0.1, -0.05) is 12.1 Å². The van der Waals surface area contributed by atoms with Crippen LogP contribution < -0.4 is 5.32 Å². The minimum atomic E-state index is 0.0713. The first-order chi connectivity index (χ1) is 7.29. The van der Waals surface area contributed by atoms with Crippen LogP contribution in [0.3, 0.4) is 0 Å². The number of nitriles is 1. The highest BCUT2D eigenvalue weighted by Gasteiger charge is 2.20. The van der Waals surface area contributed by atoms with E-state index in [2.05, 4.69) is 11.4 Å². The standard InChI is InChI=1S/C12H14N2O/c1-9-7-14-8-12(15-9)11-4-2-3-10(5-11)6-13/h2-5,9,12,14H,7-8H2,1H3. The average molecular weight is 202 g/mol. The first-order valence-electron chi connectivity index (χ1n) is 5.16. The lowest BCUT2D eigenvalue weighted by molar-refractivity contribution is -0.0287. The molecular formula is C12H14N2O. The molecule has 1 heterocycles. The van der Waals surface area contributed by atoms with Crippen molar-refractivity contribution >= 4 is 0 Å². The van der Waals surface area contributed by atoms with Crippen LogP contribution in [-0.2, 0) is 4.74 Å². The number of benzene rings is 1. The van der Waals surface area contributed by atoms with E-state index in [9.17, 15) is 0 Å². The molecule has 1 fully saturated rings. The maximum Gasteiger partial charge on any atom is 0.0991 e. The van der Waals surface area contributed by atoms with Gasteiger partial charge < -0.3 is 10.1 Å². The summed E-state index contributed by atoms with van der Waals surface area (Å²) in [5.74, 6) is 0. The lowest BCUT2D eigenvalue weighted by Crippen LogP contribution is -2.38. The van der Waals surface area contributed by atoms with Crippen molar-refractivity contribution in [2.24, 2.45) is 0 Å². The molecule has 0 bridgehead atoms. The Bertz CT molecular complexity index is 383. The van der Waals surface area contributed by atoms with Gasteiger partial charge in [-0.15, -0.1) is 0 Å². The van der Waals surface area contributed by atoms with E-state index in [0.29, 0.717) is 5.56 Å². The van der Waals surface area contributed by atoms with Crippen LogP contribution in [-0.4, -0.2) is 19.2 Å². The van der Waals surface area contributed by atoms with Crippen LogP contribution in [0.15, 0.2) is 24.3 Å². The van der Waals surface area contributed by atoms with Gasteiger partial charge in [-0.25, -0.2) is 0 Å². The van der Waals surface area contributed by atoms with Crippen LogP contribution in [0.25, 0.3) is 0 Å². The van der Waals surface area contributed by atoms with Gasteiger partial charge >= 0.3 is 0 Å². The van der Waals surface area contributed by atoms with Crippen LogP contribution in [0.1, 0.15) is 24.2 Å². The molecule has 2 rings (SSSR count). The molecule has 2 atom stereocenters. The highest BCUT2D eigenvalue weighted by molar-refractivity contribution is 5.34. The van der Waals surface area contributed by atoms with Gasteiger partial charge in [0.25, 0.3) is 0 Å². The molecule has 3 nitrogen and oxygen atoms in total. The monoisotopic (exact) mass is 202 g/mol. The van der Waals surface area contributed by atoms with E-state index in [-0.39, 0.29) is 12.2 Å². The fourth-order valence-corrected chi connectivity index (χ4v) is 1.80. The van der Waals surface area contributed by atoms with Crippen molar-refractivity contribution in [3.63, 3.8) is 0 Å². The molecule has 0 aromatic heterocycles. The van der Waals surface area contributed by atoms with Crippen LogP contribution in [0, 0.1) is 11.3 Å². The number of morpholine rings is 1. The summed E-state index contributed by atoms with van der Waals surface area (Å²) in [5, 5.41) is 12.1. The number of hydrogen-bond donors (Lipinski definition) is 1. The fraction of sp³-hybridized carbons (Fsp3) is 0.417. The van der Waals surface area contributed by atoms with Crippen LogP contribution in [0.2, 0.25) is 0 Å². The zero-order valence-corrected chi connectivity index (χ0v) is 8.73. The Morgan fingerprint density at radius 2 is 2.33 bits per heavy atom. The Balaban J connectivity index is 2.18. The van der Waals surface area contributed by atoms with Gasteiger partial charge in [0, 0.05) is 13.1 Å². The molecule has 1 aliphatic rings. The third kappa shape index (κ3) is 2.35. The summed E-state index contributed by atoms with van der Waals surface area (Å²) in [6.07, 6.45) is 0.302. The second-order valence-corrected chi connectivity index (χ2v) is 3.83. The van der Waals surface area contributed by atoms with Gasteiger partial charge in [0.15, 0.2) is 0 Å². The first kappa shape index (κ1) is 10.2. The molecule has 1 saturated heterocycles. The highest BCUT2D eigenvalue weighted by atomic mass is 16.5. The highest BCUT2D eigenvalue weighted by Crippen LogP contribution is 2.21. The van der Waals surface area contributed by atoms with E-state index < -0.39 is 0 Å². The smallest absolute Gasteiger partial charge is 0.0991 e. The van der Waals surface area contributed by atoms with E-state index in [1.807, 2.05) is 31.2 Å². The number of nitrogens with one attached hydrogen (secondary N) is 1. The number of hydrogen-bond acceptors (Lipinski definition) is 3. The number of ether oxygens (including phenoxy) is 1. The second kappa shape index (κ2) is 4.43. The van der Waals surface area contributed by atoms with Gasteiger partial charge in [0.2, 0.25) is 0 Å².